The van der Waals surface area contributed by atoms with E-state index in [0.29, 0.717) is 25.9 Å². The number of hydrogen-bond acceptors (Lipinski definition) is 3. The molecular weight excluding hydrogens is 268 g/mol. The second-order valence-electron chi connectivity index (χ2n) is 5.78. The Bertz CT molecular complexity index is 504. The van der Waals surface area contributed by atoms with Crippen LogP contribution < -0.4 is 5.73 Å². The summed E-state index contributed by atoms with van der Waals surface area (Å²) in [6.45, 7) is 2.72. The number of carboxylic acids is 1. The lowest BCUT2D eigenvalue weighted by Gasteiger charge is -2.18. The molecule has 1 aromatic carbocycles. The van der Waals surface area contributed by atoms with Gasteiger partial charge >= 0.3 is 5.97 Å². The number of nitrogens with two attached hydrogens (primary N) is 1. The number of hydrogen-bond donors (Lipinski definition) is 2. The minimum atomic E-state index is -0.821. The van der Waals surface area contributed by atoms with E-state index in [9.17, 15) is 9.59 Å². The van der Waals surface area contributed by atoms with E-state index in [0.717, 1.165) is 5.56 Å². The van der Waals surface area contributed by atoms with Gasteiger partial charge in [-0.2, -0.15) is 0 Å². The van der Waals surface area contributed by atoms with Gasteiger partial charge in [0.1, 0.15) is 0 Å². The first kappa shape index (κ1) is 15.5. The third-order valence-corrected chi connectivity index (χ3v) is 4.18. The molecule has 3 atom stereocenters. The van der Waals surface area contributed by atoms with E-state index in [4.69, 9.17) is 10.8 Å². The van der Waals surface area contributed by atoms with Crippen LogP contribution in [-0.4, -0.2) is 35.0 Å². The lowest BCUT2D eigenvalue weighted by Crippen LogP contribution is -2.30. The van der Waals surface area contributed by atoms with Gasteiger partial charge in [-0.15, -0.1) is 0 Å². The maximum atomic E-state index is 12.2. The fourth-order valence-corrected chi connectivity index (χ4v) is 2.80. The van der Waals surface area contributed by atoms with Crippen LogP contribution in [0.25, 0.3) is 0 Å². The van der Waals surface area contributed by atoms with Crippen molar-refractivity contribution < 1.29 is 14.7 Å². The summed E-state index contributed by atoms with van der Waals surface area (Å²) in [4.78, 5) is 24.9. The first-order chi connectivity index (χ1) is 9.99. The van der Waals surface area contributed by atoms with E-state index < -0.39 is 11.9 Å². The van der Waals surface area contributed by atoms with Gasteiger partial charge in [0.2, 0.25) is 5.91 Å². The zero-order valence-corrected chi connectivity index (χ0v) is 12.2. The van der Waals surface area contributed by atoms with Crippen molar-refractivity contribution in [2.45, 2.75) is 25.8 Å². The third-order valence-electron chi connectivity index (χ3n) is 4.18. The number of carboxylic acid groups (broad SMARTS) is 1. The Morgan fingerprint density at radius 1 is 1.33 bits per heavy atom. The van der Waals surface area contributed by atoms with Crippen LogP contribution in [0.5, 0.6) is 0 Å². The highest BCUT2D eigenvalue weighted by molar-refractivity contribution is 5.79. The van der Waals surface area contributed by atoms with Gasteiger partial charge in [-0.05, 0) is 17.9 Å². The molecule has 0 bridgehead atoms. The topological polar surface area (TPSA) is 83.6 Å². The summed E-state index contributed by atoms with van der Waals surface area (Å²) in [5.41, 5.74) is 7.10. The highest BCUT2D eigenvalue weighted by atomic mass is 16.4. The fraction of sp³-hybridized carbons (Fsp3) is 0.500. The molecule has 114 valence electrons. The third kappa shape index (κ3) is 3.82. The van der Waals surface area contributed by atoms with E-state index in [1.165, 1.54) is 0 Å². The summed E-state index contributed by atoms with van der Waals surface area (Å²) >= 11 is 0. The Hall–Kier alpha value is -1.88. The van der Waals surface area contributed by atoms with Gasteiger partial charge in [-0.3, -0.25) is 9.59 Å². The molecule has 1 aliphatic heterocycles. The fourth-order valence-electron chi connectivity index (χ4n) is 2.80. The second kappa shape index (κ2) is 6.72. The molecule has 1 saturated heterocycles. The van der Waals surface area contributed by atoms with Gasteiger partial charge in [0.15, 0.2) is 0 Å². The molecule has 2 rings (SSSR count). The Morgan fingerprint density at radius 3 is 2.57 bits per heavy atom. The van der Waals surface area contributed by atoms with Crippen LogP contribution in [0.15, 0.2) is 30.3 Å². The van der Waals surface area contributed by atoms with Crippen LogP contribution in [0.3, 0.4) is 0 Å². The van der Waals surface area contributed by atoms with Crippen LogP contribution in [0.4, 0.5) is 0 Å². The summed E-state index contributed by atoms with van der Waals surface area (Å²) in [6.07, 6.45) is 0.931. The van der Waals surface area contributed by atoms with Crippen molar-refractivity contribution in [3.05, 3.63) is 35.9 Å². The number of carbonyl (C=O) groups is 2. The summed E-state index contributed by atoms with van der Waals surface area (Å²) in [5.74, 6) is -1.26. The Morgan fingerprint density at radius 2 is 2.00 bits per heavy atom. The summed E-state index contributed by atoms with van der Waals surface area (Å²) in [7, 11) is 0. The summed E-state index contributed by atoms with van der Waals surface area (Å²) in [6, 6.07) is 9.53. The lowest BCUT2D eigenvalue weighted by atomic mass is 9.99. The molecule has 0 radical (unpaired) electrons. The lowest BCUT2D eigenvalue weighted by molar-refractivity contribution is -0.142. The minimum absolute atomic E-state index is 0.00280. The molecule has 0 saturated carbocycles. The van der Waals surface area contributed by atoms with Gasteiger partial charge in [-0.1, -0.05) is 37.3 Å². The standard InChI is InChI=1S/C16H22N2O3/c1-11-9-18(10-13(11)16(20)21)15(19)8-7-14(17)12-5-3-2-4-6-12/h2-6,11,13-14H,7-10,17H2,1H3,(H,20,21)/t11-,13-,14?/m1/s1. The summed E-state index contributed by atoms with van der Waals surface area (Å²) < 4.78 is 0. The average Bonchev–Trinajstić information content (AvgIpc) is 2.87. The molecular formula is C16H22N2O3. The highest BCUT2D eigenvalue weighted by Crippen LogP contribution is 2.24. The number of rotatable bonds is 5. The van der Waals surface area contributed by atoms with Crippen LogP contribution in [0.1, 0.15) is 31.4 Å². The minimum Gasteiger partial charge on any atom is -0.481 e. The molecule has 1 aromatic rings. The quantitative estimate of drug-likeness (QED) is 0.863. The SMILES string of the molecule is C[C@@H]1CN(C(=O)CCC(N)c2ccccc2)C[C@H]1C(=O)O. The first-order valence-electron chi connectivity index (χ1n) is 7.30. The van der Waals surface area contributed by atoms with Gasteiger partial charge in [0, 0.05) is 25.6 Å². The predicted octanol–water partition coefficient (Wildman–Crippen LogP) is 1.65. The Kier molecular flexibility index (Phi) is 4.96. The summed E-state index contributed by atoms with van der Waals surface area (Å²) in [5, 5.41) is 9.09. The van der Waals surface area contributed by atoms with E-state index in [1.54, 1.807) is 4.90 Å². The molecule has 5 heteroatoms. The van der Waals surface area contributed by atoms with Crippen LogP contribution in [0.2, 0.25) is 0 Å². The maximum absolute atomic E-state index is 12.2. The van der Waals surface area contributed by atoms with E-state index >= 15 is 0 Å². The Labute approximate surface area is 124 Å². The van der Waals surface area contributed by atoms with Crippen molar-refractivity contribution in [2.24, 2.45) is 17.6 Å². The monoisotopic (exact) mass is 290 g/mol. The molecule has 1 fully saturated rings. The van der Waals surface area contributed by atoms with E-state index in [2.05, 4.69) is 0 Å². The molecule has 1 unspecified atom stereocenters. The van der Waals surface area contributed by atoms with Crippen molar-refractivity contribution in [3.8, 4) is 0 Å². The number of nitrogens with zero attached hydrogens (tertiary/aromatic N) is 1. The second-order valence-corrected chi connectivity index (χ2v) is 5.78. The predicted molar refractivity (Wildman–Crippen MR) is 79.5 cm³/mol. The number of aliphatic carboxylic acids is 1. The maximum Gasteiger partial charge on any atom is 0.308 e. The zero-order valence-electron chi connectivity index (χ0n) is 12.2. The molecule has 1 heterocycles. The first-order valence-corrected chi connectivity index (χ1v) is 7.30. The van der Waals surface area contributed by atoms with Crippen molar-refractivity contribution in [1.29, 1.82) is 0 Å². The Balaban J connectivity index is 1.84. The normalized spacial score (nSPS) is 23.0. The molecule has 0 aromatic heterocycles. The van der Waals surface area contributed by atoms with Gasteiger partial charge < -0.3 is 15.7 Å². The number of amides is 1. The van der Waals surface area contributed by atoms with Crippen molar-refractivity contribution in [3.63, 3.8) is 0 Å². The molecule has 1 amide bonds. The van der Waals surface area contributed by atoms with Crippen LogP contribution in [0, 0.1) is 11.8 Å². The van der Waals surface area contributed by atoms with E-state index in [1.807, 2.05) is 37.3 Å². The van der Waals surface area contributed by atoms with Crippen molar-refractivity contribution in [1.82, 2.24) is 4.90 Å². The number of carbonyl (C=O) groups excluding carboxylic acids is 1. The molecule has 0 aliphatic carbocycles. The zero-order chi connectivity index (χ0) is 15.4. The molecule has 0 spiro atoms. The van der Waals surface area contributed by atoms with Gasteiger partial charge in [-0.25, -0.2) is 0 Å². The average molecular weight is 290 g/mol. The van der Waals surface area contributed by atoms with Crippen LogP contribution in [-0.2, 0) is 9.59 Å². The van der Waals surface area contributed by atoms with Crippen molar-refractivity contribution in [2.75, 3.05) is 13.1 Å². The largest absolute Gasteiger partial charge is 0.481 e. The molecule has 1 aliphatic rings. The van der Waals surface area contributed by atoms with E-state index in [-0.39, 0.29) is 17.9 Å². The number of likely N-dealkylation sites (tertiary alicyclic amines) is 1. The molecule has 5 nitrogen and oxygen atoms in total. The van der Waals surface area contributed by atoms with Gasteiger partial charge in [0.25, 0.3) is 0 Å². The highest BCUT2D eigenvalue weighted by Gasteiger charge is 2.36. The van der Waals surface area contributed by atoms with Gasteiger partial charge in [0.05, 0.1) is 5.92 Å². The van der Waals surface area contributed by atoms with Crippen molar-refractivity contribution >= 4 is 11.9 Å². The molecule has 3 N–H and O–H groups in total. The molecule has 21 heavy (non-hydrogen) atoms. The smallest absolute Gasteiger partial charge is 0.308 e. The van der Waals surface area contributed by atoms with Crippen LogP contribution >= 0.6 is 0 Å². The number of benzene rings is 1.